The smallest absolute Gasteiger partial charge is 0.176 e. The summed E-state index contributed by atoms with van der Waals surface area (Å²) in [6.45, 7) is 7.95. The lowest BCUT2D eigenvalue weighted by Crippen LogP contribution is -2.01. The molecule has 0 radical (unpaired) electrons. The Balaban J connectivity index is 0.000000236. The molecule has 214 valence electrons. The second kappa shape index (κ2) is 13.6. The number of aryl methyl sites for hydroxylation is 4. The van der Waals surface area contributed by atoms with Crippen molar-refractivity contribution in [2.75, 3.05) is 7.11 Å². The Morgan fingerprint density at radius 1 is 0.605 bits per heavy atom. The Morgan fingerprint density at radius 3 is 1.44 bits per heavy atom. The van der Waals surface area contributed by atoms with E-state index in [1.165, 1.54) is 19.2 Å². The monoisotopic (exact) mass is 570 g/mol. The molecule has 43 heavy (non-hydrogen) atoms. The summed E-state index contributed by atoms with van der Waals surface area (Å²) in [5.41, 5.74) is 7.94. The Kier molecular flexibility index (Phi) is 9.98. The molecule has 0 aromatic heterocycles. The van der Waals surface area contributed by atoms with Gasteiger partial charge in [0, 0.05) is 25.0 Å². The average molecular weight is 571 g/mol. The number of hydrogen-bond donors (Lipinski definition) is 3. The molecule has 0 saturated carbocycles. The van der Waals surface area contributed by atoms with E-state index in [0.29, 0.717) is 29.5 Å². The highest BCUT2D eigenvalue weighted by molar-refractivity contribution is 5.64. The molecule has 0 saturated heterocycles. The maximum absolute atomic E-state index is 10.1. The van der Waals surface area contributed by atoms with Crippen molar-refractivity contribution in [2.45, 2.75) is 40.5 Å². The molecule has 3 N–H and O–H groups in total. The molecule has 0 unspecified atom stereocenters. The van der Waals surface area contributed by atoms with Crippen molar-refractivity contribution in [3.63, 3.8) is 0 Å². The van der Waals surface area contributed by atoms with Crippen LogP contribution in [0.3, 0.4) is 0 Å². The van der Waals surface area contributed by atoms with E-state index in [9.17, 15) is 36.4 Å². The highest BCUT2D eigenvalue weighted by atomic mass is 16.5. The fourth-order valence-electron chi connectivity index (χ4n) is 4.82. The van der Waals surface area contributed by atoms with Gasteiger partial charge in [0.05, 0.1) is 30.4 Å². The lowest BCUT2D eigenvalue weighted by Gasteiger charge is -2.13. The van der Waals surface area contributed by atoms with Gasteiger partial charge in [0.2, 0.25) is 0 Å². The summed E-state index contributed by atoms with van der Waals surface area (Å²) in [6.07, 6.45) is 0.765. The minimum absolute atomic E-state index is 0.0495. The van der Waals surface area contributed by atoms with E-state index in [1.54, 1.807) is 0 Å². The van der Waals surface area contributed by atoms with E-state index in [0.717, 1.165) is 33.4 Å². The molecular weight excluding hydrogens is 540 g/mol. The van der Waals surface area contributed by atoms with Gasteiger partial charge in [-0.05, 0) is 61.1 Å². The predicted molar refractivity (Wildman–Crippen MR) is 161 cm³/mol. The molecule has 0 amide bonds. The van der Waals surface area contributed by atoms with Gasteiger partial charge in [-0.3, -0.25) is 0 Å². The van der Waals surface area contributed by atoms with Crippen LogP contribution in [0, 0.1) is 73.0 Å². The van der Waals surface area contributed by atoms with Crippen LogP contribution in [0.15, 0.2) is 48.5 Å². The molecule has 0 aliphatic rings. The fourth-order valence-corrected chi connectivity index (χ4v) is 4.82. The van der Waals surface area contributed by atoms with Crippen LogP contribution >= 0.6 is 0 Å². The number of nitrogens with zero attached hydrogens (tertiary/aromatic N) is 4. The van der Waals surface area contributed by atoms with Crippen molar-refractivity contribution in [3.8, 4) is 47.3 Å². The number of methoxy groups -OCH3 is 1. The normalized spacial score (nSPS) is 9.88. The number of nitriles is 4. The maximum atomic E-state index is 10.1. The number of aromatic hydroxyl groups is 3. The summed E-state index contributed by atoms with van der Waals surface area (Å²) < 4.78 is 5.02. The fraction of sp³-hybridized carbons (Fsp3) is 0.200. The average Bonchev–Trinajstić information content (AvgIpc) is 2.98. The van der Waals surface area contributed by atoms with Crippen molar-refractivity contribution in [1.82, 2.24) is 0 Å². The Hall–Kier alpha value is -5.96. The quantitative estimate of drug-likeness (QED) is 0.232. The zero-order chi connectivity index (χ0) is 31.8. The van der Waals surface area contributed by atoms with Crippen molar-refractivity contribution >= 4 is 0 Å². The molecule has 0 aliphatic heterocycles. The van der Waals surface area contributed by atoms with Gasteiger partial charge in [0.25, 0.3) is 0 Å². The summed E-state index contributed by atoms with van der Waals surface area (Å²) in [6, 6.07) is 22.5. The largest absolute Gasteiger partial charge is 0.504 e. The van der Waals surface area contributed by atoms with Crippen LogP contribution < -0.4 is 4.74 Å². The zero-order valence-corrected chi connectivity index (χ0v) is 24.6. The molecule has 0 heterocycles. The molecule has 0 aliphatic carbocycles. The molecule has 0 spiro atoms. The van der Waals surface area contributed by atoms with Crippen LogP contribution in [0.1, 0.15) is 66.8 Å². The molecular formula is C35H30N4O4. The van der Waals surface area contributed by atoms with Crippen LogP contribution in [-0.2, 0) is 12.8 Å². The van der Waals surface area contributed by atoms with Crippen LogP contribution in [-0.4, -0.2) is 22.4 Å². The lowest BCUT2D eigenvalue weighted by molar-refractivity contribution is 0.372. The third-order valence-corrected chi connectivity index (χ3v) is 7.17. The van der Waals surface area contributed by atoms with Gasteiger partial charge in [-0.2, -0.15) is 21.0 Å². The minimum atomic E-state index is -0.476. The third kappa shape index (κ3) is 6.86. The van der Waals surface area contributed by atoms with Crippen molar-refractivity contribution in [3.05, 3.63) is 115 Å². The maximum Gasteiger partial charge on any atom is 0.176 e. The second-order valence-electron chi connectivity index (χ2n) is 10.1. The van der Waals surface area contributed by atoms with Gasteiger partial charge in [-0.1, -0.05) is 47.5 Å². The van der Waals surface area contributed by atoms with E-state index in [1.807, 2.05) is 76.2 Å². The number of phenolic OH excluding ortho intramolecular Hbond substituents is 3. The number of hydrogen-bond acceptors (Lipinski definition) is 8. The Morgan fingerprint density at radius 2 is 1.05 bits per heavy atom. The molecule has 0 atom stereocenters. The van der Waals surface area contributed by atoms with Gasteiger partial charge in [-0.25, -0.2) is 0 Å². The Labute approximate surface area is 251 Å². The molecule has 4 rings (SSSR count). The third-order valence-electron chi connectivity index (χ3n) is 7.17. The molecule has 0 bridgehead atoms. The van der Waals surface area contributed by atoms with E-state index in [4.69, 9.17) is 4.74 Å². The van der Waals surface area contributed by atoms with Gasteiger partial charge in [0.1, 0.15) is 23.3 Å². The first kappa shape index (κ1) is 31.6. The molecule has 4 aromatic carbocycles. The lowest BCUT2D eigenvalue weighted by atomic mass is 9.92. The summed E-state index contributed by atoms with van der Waals surface area (Å²) in [7, 11) is 1.39. The van der Waals surface area contributed by atoms with E-state index in [-0.39, 0.29) is 28.2 Å². The van der Waals surface area contributed by atoms with Gasteiger partial charge in [0.15, 0.2) is 23.0 Å². The van der Waals surface area contributed by atoms with Crippen LogP contribution in [0.25, 0.3) is 0 Å². The summed E-state index contributed by atoms with van der Waals surface area (Å²) >= 11 is 0. The zero-order valence-electron chi connectivity index (χ0n) is 24.6. The van der Waals surface area contributed by atoms with Crippen LogP contribution in [0.4, 0.5) is 0 Å². The van der Waals surface area contributed by atoms with Crippen LogP contribution in [0.2, 0.25) is 0 Å². The Bertz CT molecular complexity index is 1880. The first-order valence-electron chi connectivity index (χ1n) is 13.2. The number of phenols is 3. The molecule has 8 heteroatoms. The number of rotatable bonds is 5. The summed E-state index contributed by atoms with van der Waals surface area (Å²) in [5.74, 6) is -1.01. The molecule has 0 fully saturated rings. The standard InChI is InChI=1S/C18H16N2O2.C17H14N2O2/c1-11-4-5-13(12(2)6-11)7-15-14(9-19)8-17(22-3)18(21)16(15)10-20;1-10-3-4-12(11(2)5-10)6-14-13(8-18)7-16(20)17(21)15(14)9-19/h4-6,8,21H,7H2,1-3H3;3-5,7,20-21H,6H2,1-2H3. The highest BCUT2D eigenvalue weighted by Gasteiger charge is 2.20. The van der Waals surface area contributed by atoms with E-state index >= 15 is 0 Å². The van der Waals surface area contributed by atoms with Gasteiger partial charge in [-0.15, -0.1) is 0 Å². The first-order chi connectivity index (χ1) is 20.5. The summed E-state index contributed by atoms with van der Waals surface area (Å²) in [4.78, 5) is 0. The first-order valence-corrected chi connectivity index (χ1v) is 13.2. The SMILES string of the molecule is COc1cc(C#N)c(Cc2ccc(C)cc2C)c(C#N)c1O.Cc1ccc(Cc2c(C#N)cc(O)c(O)c2C#N)c(C)c1. The van der Waals surface area contributed by atoms with Gasteiger partial charge < -0.3 is 20.1 Å². The van der Waals surface area contributed by atoms with Crippen molar-refractivity contribution in [2.24, 2.45) is 0 Å². The van der Waals surface area contributed by atoms with E-state index < -0.39 is 11.5 Å². The van der Waals surface area contributed by atoms with Crippen LogP contribution in [0.5, 0.6) is 23.0 Å². The van der Waals surface area contributed by atoms with Crippen molar-refractivity contribution < 1.29 is 20.1 Å². The number of benzene rings is 4. The number of ether oxygens (including phenoxy) is 1. The summed E-state index contributed by atoms with van der Waals surface area (Å²) in [5, 5.41) is 66.6. The highest BCUT2D eigenvalue weighted by Crippen LogP contribution is 2.36. The molecule has 4 aromatic rings. The minimum Gasteiger partial charge on any atom is -0.504 e. The topological polar surface area (TPSA) is 165 Å². The molecule has 8 nitrogen and oxygen atoms in total. The van der Waals surface area contributed by atoms with E-state index in [2.05, 4.69) is 12.1 Å². The second-order valence-corrected chi connectivity index (χ2v) is 10.1. The predicted octanol–water partition coefficient (Wildman–Crippen LogP) is 6.40. The van der Waals surface area contributed by atoms with Crippen molar-refractivity contribution in [1.29, 1.82) is 21.0 Å². The van der Waals surface area contributed by atoms with Gasteiger partial charge >= 0.3 is 0 Å².